The van der Waals surface area contributed by atoms with Crippen LogP contribution in [0.25, 0.3) is 0 Å². The molecule has 0 saturated carbocycles. The first-order valence-corrected chi connectivity index (χ1v) is 7.13. The number of amides is 1. The average Bonchev–Trinajstić information content (AvgIpc) is 2.72. The molecule has 2 rings (SSSR count). The molecule has 3 N–H and O–H groups in total. The Hall–Kier alpha value is -2.21. The molecule has 1 aliphatic heterocycles. The van der Waals surface area contributed by atoms with Gasteiger partial charge in [0.1, 0.15) is 0 Å². The molecule has 1 fully saturated rings. The first-order chi connectivity index (χ1) is 10.2. The topological polar surface area (TPSA) is 80.6 Å². The highest BCUT2D eigenvalue weighted by Gasteiger charge is 2.24. The number of carbonyl (C=O) groups is 1. The average molecular weight is 287 g/mol. The van der Waals surface area contributed by atoms with Gasteiger partial charge in [0.2, 0.25) is 0 Å². The SMILES string of the molecule is C[C@@H]1CCNCCN1C(=O)c1ccccc1N/N=C\C=N. The Morgan fingerprint density at radius 1 is 1.48 bits per heavy atom. The van der Waals surface area contributed by atoms with Gasteiger partial charge in [0.15, 0.2) is 0 Å². The van der Waals surface area contributed by atoms with Gasteiger partial charge < -0.3 is 15.6 Å². The summed E-state index contributed by atoms with van der Waals surface area (Å²) in [4.78, 5) is 14.7. The van der Waals surface area contributed by atoms with Gasteiger partial charge in [-0.3, -0.25) is 10.2 Å². The van der Waals surface area contributed by atoms with Crippen molar-refractivity contribution in [3.05, 3.63) is 29.8 Å². The second-order valence-electron chi connectivity index (χ2n) is 4.99. The predicted octanol–water partition coefficient (Wildman–Crippen LogP) is 1.56. The van der Waals surface area contributed by atoms with E-state index in [1.165, 1.54) is 6.21 Å². The molecule has 1 aliphatic rings. The number of benzene rings is 1. The molecule has 0 unspecified atom stereocenters. The fourth-order valence-corrected chi connectivity index (χ4v) is 2.38. The summed E-state index contributed by atoms with van der Waals surface area (Å²) in [6, 6.07) is 7.53. The smallest absolute Gasteiger partial charge is 0.256 e. The van der Waals surface area contributed by atoms with Crippen molar-refractivity contribution in [2.24, 2.45) is 5.10 Å². The number of anilines is 1. The van der Waals surface area contributed by atoms with Crippen LogP contribution in [0.15, 0.2) is 29.4 Å². The zero-order valence-corrected chi connectivity index (χ0v) is 12.2. The Bertz CT molecular complexity index is 529. The van der Waals surface area contributed by atoms with Crippen molar-refractivity contribution in [2.45, 2.75) is 19.4 Å². The van der Waals surface area contributed by atoms with Crippen LogP contribution in [0, 0.1) is 5.41 Å². The molecule has 6 nitrogen and oxygen atoms in total. The lowest BCUT2D eigenvalue weighted by Crippen LogP contribution is -2.39. The molecule has 1 atom stereocenters. The van der Waals surface area contributed by atoms with E-state index >= 15 is 0 Å². The Labute approximate surface area is 124 Å². The molecule has 0 spiro atoms. The largest absolute Gasteiger partial charge is 0.335 e. The number of hydrogen-bond donors (Lipinski definition) is 3. The van der Waals surface area contributed by atoms with Gasteiger partial charge in [-0.15, -0.1) is 0 Å². The molecule has 0 radical (unpaired) electrons. The zero-order valence-electron chi connectivity index (χ0n) is 12.2. The Morgan fingerprint density at radius 3 is 3.10 bits per heavy atom. The Morgan fingerprint density at radius 2 is 2.29 bits per heavy atom. The van der Waals surface area contributed by atoms with E-state index in [4.69, 9.17) is 5.41 Å². The molecular formula is C15H21N5O. The lowest BCUT2D eigenvalue weighted by atomic mass is 10.1. The van der Waals surface area contributed by atoms with Crippen molar-refractivity contribution in [2.75, 3.05) is 25.1 Å². The molecule has 112 valence electrons. The summed E-state index contributed by atoms with van der Waals surface area (Å²) in [6.45, 7) is 4.54. The van der Waals surface area contributed by atoms with E-state index < -0.39 is 0 Å². The van der Waals surface area contributed by atoms with Gasteiger partial charge in [0, 0.05) is 25.3 Å². The van der Waals surface area contributed by atoms with Gasteiger partial charge in [-0.05, 0) is 32.0 Å². The fraction of sp³-hybridized carbons (Fsp3) is 0.400. The van der Waals surface area contributed by atoms with E-state index in [9.17, 15) is 4.79 Å². The maximum atomic E-state index is 12.8. The minimum Gasteiger partial charge on any atom is -0.335 e. The van der Waals surface area contributed by atoms with Gasteiger partial charge in [-0.1, -0.05) is 12.1 Å². The lowest BCUT2D eigenvalue weighted by Gasteiger charge is -2.27. The van der Waals surface area contributed by atoms with E-state index in [0.29, 0.717) is 17.8 Å². The number of nitrogens with zero attached hydrogens (tertiary/aromatic N) is 2. The highest BCUT2D eigenvalue weighted by Crippen LogP contribution is 2.19. The molecule has 1 saturated heterocycles. The van der Waals surface area contributed by atoms with Crippen LogP contribution in [0.4, 0.5) is 5.69 Å². The minimum absolute atomic E-state index is 0.0133. The van der Waals surface area contributed by atoms with E-state index in [0.717, 1.165) is 25.7 Å². The molecule has 21 heavy (non-hydrogen) atoms. The van der Waals surface area contributed by atoms with Crippen molar-refractivity contribution in [3.63, 3.8) is 0 Å². The maximum Gasteiger partial charge on any atom is 0.256 e. The standard InChI is InChI=1S/C15H21N5O/c1-12-6-8-17-10-11-20(12)15(21)13-4-2-3-5-14(13)19-18-9-7-16/h2-5,7,9,12,16-17,19H,6,8,10-11H2,1H3/b16-7?,18-9-/t12-/m1/s1. The van der Waals surface area contributed by atoms with E-state index in [1.807, 2.05) is 23.1 Å². The number of hydrazone groups is 1. The second kappa shape index (κ2) is 7.54. The summed E-state index contributed by atoms with van der Waals surface area (Å²) in [6.07, 6.45) is 3.37. The van der Waals surface area contributed by atoms with Crippen LogP contribution in [-0.4, -0.2) is 48.9 Å². The predicted molar refractivity (Wildman–Crippen MR) is 85.3 cm³/mol. The number of para-hydroxylation sites is 1. The Kier molecular flexibility index (Phi) is 5.45. The molecule has 1 aromatic rings. The van der Waals surface area contributed by atoms with Crippen molar-refractivity contribution in [3.8, 4) is 0 Å². The van der Waals surface area contributed by atoms with Gasteiger partial charge in [-0.2, -0.15) is 5.10 Å². The summed E-state index contributed by atoms with van der Waals surface area (Å²) in [5, 5.41) is 14.1. The van der Waals surface area contributed by atoms with Crippen LogP contribution < -0.4 is 10.7 Å². The van der Waals surface area contributed by atoms with Crippen LogP contribution in [0.5, 0.6) is 0 Å². The summed E-state index contributed by atoms with van der Waals surface area (Å²) >= 11 is 0. The van der Waals surface area contributed by atoms with E-state index in [-0.39, 0.29) is 11.9 Å². The molecule has 0 bridgehead atoms. The highest BCUT2D eigenvalue weighted by atomic mass is 16.2. The molecule has 6 heteroatoms. The fourth-order valence-electron chi connectivity index (χ4n) is 2.38. The quantitative estimate of drug-likeness (QED) is 0.580. The third-order valence-corrected chi connectivity index (χ3v) is 3.55. The van der Waals surface area contributed by atoms with Crippen molar-refractivity contribution >= 4 is 24.0 Å². The number of rotatable bonds is 4. The monoisotopic (exact) mass is 287 g/mol. The van der Waals surface area contributed by atoms with Gasteiger partial charge in [0.25, 0.3) is 5.91 Å². The lowest BCUT2D eigenvalue weighted by molar-refractivity contribution is 0.0705. The van der Waals surface area contributed by atoms with Crippen LogP contribution >= 0.6 is 0 Å². The summed E-state index contributed by atoms with van der Waals surface area (Å²) < 4.78 is 0. The third-order valence-electron chi connectivity index (χ3n) is 3.55. The van der Waals surface area contributed by atoms with Gasteiger partial charge >= 0.3 is 0 Å². The van der Waals surface area contributed by atoms with Crippen molar-refractivity contribution in [1.82, 2.24) is 10.2 Å². The summed E-state index contributed by atoms with van der Waals surface area (Å²) in [5.74, 6) is 0.0133. The third kappa shape index (κ3) is 3.88. The first-order valence-electron chi connectivity index (χ1n) is 7.13. The Balaban J connectivity index is 2.21. The zero-order chi connectivity index (χ0) is 15.1. The molecular weight excluding hydrogens is 266 g/mol. The van der Waals surface area contributed by atoms with Crippen LogP contribution in [0.3, 0.4) is 0 Å². The van der Waals surface area contributed by atoms with Crippen LogP contribution in [0.1, 0.15) is 23.7 Å². The van der Waals surface area contributed by atoms with Crippen molar-refractivity contribution in [1.29, 1.82) is 5.41 Å². The van der Waals surface area contributed by atoms with Gasteiger partial charge in [-0.25, -0.2) is 0 Å². The molecule has 1 amide bonds. The number of carbonyl (C=O) groups excluding carboxylic acids is 1. The summed E-state index contributed by atoms with van der Waals surface area (Å²) in [5.41, 5.74) is 4.08. The van der Waals surface area contributed by atoms with Gasteiger partial charge in [0.05, 0.1) is 17.5 Å². The maximum absolute atomic E-state index is 12.8. The minimum atomic E-state index is 0.0133. The van der Waals surface area contributed by atoms with Crippen LogP contribution in [-0.2, 0) is 0 Å². The van der Waals surface area contributed by atoms with E-state index in [2.05, 4.69) is 22.8 Å². The first kappa shape index (κ1) is 15.2. The molecule has 1 heterocycles. The molecule has 0 aliphatic carbocycles. The number of nitrogens with one attached hydrogen (secondary N) is 3. The second-order valence-corrected chi connectivity index (χ2v) is 4.99. The number of hydrogen-bond acceptors (Lipinski definition) is 5. The normalized spacial score (nSPS) is 19.3. The molecule has 1 aromatic carbocycles. The van der Waals surface area contributed by atoms with Crippen LogP contribution in [0.2, 0.25) is 0 Å². The van der Waals surface area contributed by atoms with E-state index in [1.54, 1.807) is 6.07 Å². The molecule has 0 aromatic heterocycles. The highest BCUT2D eigenvalue weighted by molar-refractivity contribution is 6.14. The van der Waals surface area contributed by atoms with Crippen molar-refractivity contribution < 1.29 is 4.79 Å². The summed E-state index contributed by atoms with van der Waals surface area (Å²) in [7, 11) is 0.